The molecule has 0 bridgehead atoms. The van der Waals surface area contributed by atoms with Crippen LogP contribution in [-0.4, -0.2) is 40.2 Å². The number of carbonyl (C=O) groups is 1. The second-order valence-corrected chi connectivity index (χ2v) is 5.68. The Morgan fingerprint density at radius 1 is 1.45 bits per heavy atom. The van der Waals surface area contributed by atoms with Crippen LogP contribution < -0.4 is 5.32 Å². The van der Waals surface area contributed by atoms with E-state index in [0.29, 0.717) is 6.54 Å². The summed E-state index contributed by atoms with van der Waals surface area (Å²) in [5.74, 6) is 0.151. The van der Waals surface area contributed by atoms with Crippen molar-refractivity contribution in [2.45, 2.75) is 58.2 Å². The summed E-state index contributed by atoms with van der Waals surface area (Å²) in [7, 11) is 2.05. The van der Waals surface area contributed by atoms with Crippen LogP contribution >= 0.6 is 0 Å². The smallest absolute Gasteiger partial charge is 0.237 e. The van der Waals surface area contributed by atoms with E-state index in [1.165, 1.54) is 12.8 Å². The molecule has 0 saturated carbocycles. The van der Waals surface area contributed by atoms with Crippen molar-refractivity contribution in [3.05, 3.63) is 18.0 Å². The number of nitrogens with zero attached hydrogens (tertiary/aromatic N) is 3. The van der Waals surface area contributed by atoms with Crippen LogP contribution in [0.3, 0.4) is 0 Å². The lowest BCUT2D eigenvalue weighted by molar-refractivity contribution is -0.126. The van der Waals surface area contributed by atoms with Crippen molar-refractivity contribution < 1.29 is 4.79 Å². The van der Waals surface area contributed by atoms with E-state index in [1.807, 2.05) is 17.1 Å². The van der Waals surface area contributed by atoms with Crippen molar-refractivity contribution in [2.75, 3.05) is 13.6 Å². The van der Waals surface area contributed by atoms with Gasteiger partial charge in [0.05, 0.1) is 12.2 Å². The zero-order chi connectivity index (χ0) is 14.4. The molecule has 0 spiro atoms. The van der Waals surface area contributed by atoms with E-state index >= 15 is 0 Å². The highest BCUT2D eigenvalue weighted by Crippen LogP contribution is 2.15. The van der Waals surface area contributed by atoms with Gasteiger partial charge < -0.3 is 5.32 Å². The molecule has 2 rings (SSSR count). The quantitative estimate of drug-likeness (QED) is 0.893. The third kappa shape index (κ3) is 4.07. The summed E-state index contributed by atoms with van der Waals surface area (Å²) in [5.41, 5.74) is 1.07. The molecule has 1 amide bonds. The number of aryl methyl sites for hydroxylation is 1. The lowest BCUT2D eigenvalue weighted by Gasteiger charge is -2.24. The van der Waals surface area contributed by atoms with Gasteiger partial charge in [-0.1, -0.05) is 19.8 Å². The minimum absolute atomic E-state index is 0.0307. The number of hydrogen-bond acceptors (Lipinski definition) is 3. The highest BCUT2D eigenvalue weighted by Gasteiger charge is 2.24. The molecular formula is C15H26N4O. The zero-order valence-electron chi connectivity index (χ0n) is 12.6. The van der Waals surface area contributed by atoms with Gasteiger partial charge in [-0.2, -0.15) is 5.10 Å². The number of aromatic nitrogens is 2. The predicted octanol–water partition coefficient (Wildman–Crippen LogP) is 1.78. The molecule has 1 fully saturated rings. The fourth-order valence-electron chi connectivity index (χ4n) is 2.74. The molecule has 0 aromatic carbocycles. The molecule has 1 aliphatic heterocycles. The largest absolute Gasteiger partial charge is 0.351 e. The van der Waals surface area contributed by atoms with Gasteiger partial charge in [0.15, 0.2) is 0 Å². The lowest BCUT2D eigenvalue weighted by atomic mass is 10.1. The number of amides is 1. The summed E-state index contributed by atoms with van der Waals surface area (Å²) in [5, 5.41) is 7.33. The molecule has 1 aromatic heterocycles. The number of likely N-dealkylation sites (N-methyl/N-ethyl adjacent to an activating group) is 1. The molecule has 112 valence electrons. The maximum absolute atomic E-state index is 12.3. The van der Waals surface area contributed by atoms with E-state index < -0.39 is 0 Å². The molecule has 1 N–H and O–H groups in total. The van der Waals surface area contributed by atoms with Crippen LogP contribution in [0.4, 0.5) is 0 Å². The van der Waals surface area contributed by atoms with Crippen LogP contribution in [-0.2, 0) is 17.9 Å². The molecule has 1 aliphatic rings. The van der Waals surface area contributed by atoms with E-state index in [4.69, 9.17) is 0 Å². The van der Waals surface area contributed by atoms with Crippen molar-refractivity contribution in [2.24, 2.45) is 0 Å². The fraction of sp³-hybridized carbons (Fsp3) is 0.733. The second kappa shape index (κ2) is 7.43. The molecule has 1 saturated heterocycles. The molecule has 1 aromatic rings. The Labute approximate surface area is 121 Å². The van der Waals surface area contributed by atoms with Crippen molar-refractivity contribution >= 4 is 5.91 Å². The lowest BCUT2D eigenvalue weighted by Crippen LogP contribution is -2.44. The summed E-state index contributed by atoms with van der Waals surface area (Å²) >= 11 is 0. The van der Waals surface area contributed by atoms with E-state index in [-0.39, 0.29) is 11.9 Å². The summed E-state index contributed by atoms with van der Waals surface area (Å²) in [6.45, 7) is 4.66. The van der Waals surface area contributed by atoms with Gasteiger partial charge >= 0.3 is 0 Å². The standard InChI is InChI=1S/C15H26N4O/c1-3-8-19-12-13(11-17-19)10-16-15(20)14-7-5-4-6-9-18(14)2/h11-12,14H,3-10H2,1-2H3,(H,16,20)/t14-/m0/s1. The van der Waals surface area contributed by atoms with Crippen LogP contribution in [0, 0.1) is 0 Å². The van der Waals surface area contributed by atoms with Crippen LogP contribution in [0.1, 0.15) is 44.6 Å². The molecule has 2 heterocycles. The van der Waals surface area contributed by atoms with E-state index in [0.717, 1.165) is 37.9 Å². The predicted molar refractivity (Wildman–Crippen MR) is 79.3 cm³/mol. The second-order valence-electron chi connectivity index (χ2n) is 5.68. The molecule has 0 aliphatic carbocycles. The van der Waals surface area contributed by atoms with Crippen LogP contribution in [0.2, 0.25) is 0 Å². The third-order valence-electron chi connectivity index (χ3n) is 3.93. The first-order valence-corrected chi connectivity index (χ1v) is 7.70. The van der Waals surface area contributed by atoms with Gasteiger partial charge in [0, 0.05) is 24.8 Å². The Hall–Kier alpha value is -1.36. The summed E-state index contributed by atoms with van der Waals surface area (Å²) in [6, 6.07) is 0.0307. The average molecular weight is 278 g/mol. The van der Waals surface area contributed by atoms with Gasteiger partial charge in [-0.05, 0) is 32.9 Å². The normalized spacial score (nSPS) is 20.6. The number of carbonyl (C=O) groups excluding carboxylic acids is 1. The number of nitrogens with one attached hydrogen (secondary N) is 1. The fourth-order valence-corrected chi connectivity index (χ4v) is 2.74. The zero-order valence-corrected chi connectivity index (χ0v) is 12.6. The van der Waals surface area contributed by atoms with Gasteiger partial charge in [0.1, 0.15) is 0 Å². The van der Waals surface area contributed by atoms with Gasteiger partial charge in [-0.25, -0.2) is 0 Å². The van der Waals surface area contributed by atoms with Gasteiger partial charge in [0.25, 0.3) is 0 Å². The minimum Gasteiger partial charge on any atom is -0.351 e. The van der Waals surface area contributed by atoms with Crippen molar-refractivity contribution in [3.63, 3.8) is 0 Å². The maximum Gasteiger partial charge on any atom is 0.237 e. The Morgan fingerprint density at radius 3 is 3.10 bits per heavy atom. The highest BCUT2D eigenvalue weighted by molar-refractivity contribution is 5.81. The molecular weight excluding hydrogens is 252 g/mol. The topological polar surface area (TPSA) is 50.2 Å². The number of hydrogen-bond donors (Lipinski definition) is 1. The van der Waals surface area contributed by atoms with E-state index in [9.17, 15) is 4.79 Å². The third-order valence-corrected chi connectivity index (χ3v) is 3.93. The van der Waals surface area contributed by atoms with Crippen LogP contribution in [0.15, 0.2) is 12.4 Å². The van der Waals surface area contributed by atoms with Crippen LogP contribution in [0.25, 0.3) is 0 Å². The van der Waals surface area contributed by atoms with E-state index in [2.05, 4.69) is 29.3 Å². The minimum atomic E-state index is 0.0307. The Morgan fingerprint density at radius 2 is 2.30 bits per heavy atom. The summed E-state index contributed by atoms with van der Waals surface area (Å²) in [6.07, 6.45) is 9.48. The Balaban J connectivity index is 1.83. The Bertz CT molecular complexity index is 429. The van der Waals surface area contributed by atoms with Crippen molar-refractivity contribution in [1.29, 1.82) is 0 Å². The molecule has 0 radical (unpaired) electrons. The maximum atomic E-state index is 12.3. The SMILES string of the molecule is CCCn1cc(CNC(=O)[C@@H]2CCCCCN2C)cn1. The van der Waals surface area contributed by atoms with Crippen molar-refractivity contribution in [3.8, 4) is 0 Å². The summed E-state index contributed by atoms with van der Waals surface area (Å²) < 4.78 is 1.93. The van der Waals surface area contributed by atoms with Gasteiger partial charge in [-0.3, -0.25) is 14.4 Å². The molecule has 1 atom stereocenters. The molecule has 5 heteroatoms. The first-order chi connectivity index (χ1) is 9.70. The van der Waals surface area contributed by atoms with Crippen LogP contribution in [0.5, 0.6) is 0 Å². The van der Waals surface area contributed by atoms with Gasteiger partial charge in [0.2, 0.25) is 5.91 Å². The molecule has 0 unspecified atom stereocenters. The number of rotatable bonds is 5. The van der Waals surface area contributed by atoms with Crippen molar-refractivity contribution in [1.82, 2.24) is 20.0 Å². The first kappa shape index (κ1) is 15.0. The number of likely N-dealkylation sites (tertiary alicyclic amines) is 1. The monoisotopic (exact) mass is 278 g/mol. The Kier molecular flexibility index (Phi) is 5.59. The molecule has 20 heavy (non-hydrogen) atoms. The van der Waals surface area contributed by atoms with Gasteiger partial charge in [-0.15, -0.1) is 0 Å². The average Bonchev–Trinajstić information content (AvgIpc) is 2.77. The highest BCUT2D eigenvalue weighted by atomic mass is 16.2. The summed E-state index contributed by atoms with van der Waals surface area (Å²) in [4.78, 5) is 14.5. The van der Waals surface area contributed by atoms with E-state index in [1.54, 1.807) is 0 Å². The molecule has 5 nitrogen and oxygen atoms in total. The first-order valence-electron chi connectivity index (χ1n) is 7.70.